The fourth-order valence-electron chi connectivity index (χ4n) is 3.27. The lowest BCUT2D eigenvalue weighted by Crippen LogP contribution is -2.39. The van der Waals surface area contributed by atoms with E-state index in [9.17, 15) is 24.1 Å². The van der Waals surface area contributed by atoms with Crippen LogP contribution in [0.1, 0.15) is 5.56 Å². The number of hydrogen-bond acceptors (Lipinski definition) is 4. The molecule has 0 amide bonds. The van der Waals surface area contributed by atoms with Crippen molar-refractivity contribution in [1.82, 2.24) is 9.13 Å². The normalized spacial score (nSPS) is 10.9. The lowest BCUT2D eigenvalue weighted by molar-refractivity contribution is -0.384. The maximum absolute atomic E-state index is 13.7. The molecule has 0 saturated carbocycles. The Bertz CT molecular complexity index is 1370. The molecular weight excluding hydrogens is 377 g/mol. The van der Waals surface area contributed by atoms with Crippen LogP contribution in [0.25, 0.3) is 16.6 Å². The third kappa shape index (κ3) is 3.31. The Kier molecular flexibility index (Phi) is 4.52. The van der Waals surface area contributed by atoms with Crippen LogP contribution in [0.15, 0.2) is 82.4 Å². The summed E-state index contributed by atoms with van der Waals surface area (Å²) >= 11 is 0. The van der Waals surface area contributed by atoms with Gasteiger partial charge in [-0.3, -0.25) is 19.5 Å². The molecule has 7 nitrogen and oxygen atoms in total. The van der Waals surface area contributed by atoms with Crippen molar-refractivity contribution in [3.8, 4) is 5.69 Å². The third-order valence-electron chi connectivity index (χ3n) is 4.58. The number of fused-ring (bicyclic) bond motifs is 1. The number of hydrogen-bond donors (Lipinski definition) is 0. The predicted octanol–water partition coefficient (Wildman–Crippen LogP) is 3.25. The summed E-state index contributed by atoms with van der Waals surface area (Å²) < 4.78 is 16.0. The highest BCUT2D eigenvalue weighted by molar-refractivity contribution is 5.78. The molecule has 144 valence electrons. The van der Waals surface area contributed by atoms with Crippen molar-refractivity contribution in [2.24, 2.45) is 0 Å². The van der Waals surface area contributed by atoms with E-state index in [2.05, 4.69) is 0 Å². The average Bonchev–Trinajstić information content (AvgIpc) is 2.71. The fourth-order valence-corrected chi connectivity index (χ4v) is 3.27. The van der Waals surface area contributed by atoms with Crippen molar-refractivity contribution in [2.45, 2.75) is 6.54 Å². The first-order valence-corrected chi connectivity index (χ1v) is 8.69. The van der Waals surface area contributed by atoms with Crippen LogP contribution >= 0.6 is 0 Å². The van der Waals surface area contributed by atoms with E-state index in [-0.39, 0.29) is 23.3 Å². The van der Waals surface area contributed by atoms with Crippen LogP contribution in [0.2, 0.25) is 0 Å². The molecule has 29 heavy (non-hydrogen) atoms. The smallest absolute Gasteiger partial charge is 0.288 e. The highest BCUT2D eigenvalue weighted by Crippen LogP contribution is 2.16. The van der Waals surface area contributed by atoms with Gasteiger partial charge in [-0.2, -0.15) is 0 Å². The molecule has 0 radical (unpaired) electrons. The number of nitro groups is 1. The lowest BCUT2D eigenvalue weighted by Gasteiger charge is -2.14. The van der Waals surface area contributed by atoms with Gasteiger partial charge in [0.25, 0.3) is 11.2 Å². The number of para-hydroxylation sites is 1. The average molecular weight is 391 g/mol. The summed E-state index contributed by atoms with van der Waals surface area (Å²) in [5.41, 5.74) is -0.299. The van der Waals surface area contributed by atoms with Crippen LogP contribution in [-0.2, 0) is 6.54 Å². The summed E-state index contributed by atoms with van der Waals surface area (Å²) in [6, 6.07) is 17.7. The number of halogens is 1. The minimum Gasteiger partial charge on any atom is -0.288 e. The second kappa shape index (κ2) is 7.16. The van der Waals surface area contributed by atoms with Gasteiger partial charge in [-0.1, -0.05) is 30.3 Å². The summed E-state index contributed by atoms with van der Waals surface area (Å²) in [7, 11) is 0. The summed E-state index contributed by atoms with van der Waals surface area (Å²) in [5.74, 6) is -0.577. The van der Waals surface area contributed by atoms with Gasteiger partial charge in [0.15, 0.2) is 0 Å². The summed E-state index contributed by atoms with van der Waals surface area (Å²) in [5, 5.41) is 11.3. The van der Waals surface area contributed by atoms with E-state index in [4.69, 9.17) is 0 Å². The van der Waals surface area contributed by atoms with E-state index in [1.165, 1.54) is 41.0 Å². The van der Waals surface area contributed by atoms with Gasteiger partial charge < -0.3 is 0 Å². The Morgan fingerprint density at radius 1 is 0.931 bits per heavy atom. The van der Waals surface area contributed by atoms with Crippen molar-refractivity contribution < 1.29 is 9.31 Å². The van der Waals surface area contributed by atoms with E-state index in [0.29, 0.717) is 11.1 Å². The number of nitrogens with zero attached hydrogens (tertiary/aromatic N) is 3. The molecule has 0 aliphatic rings. The Labute approximate surface area is 163 Å². The topological polar surface area (TPSA) is 87.1 Å². The third-order valence-corrected chi connectivity index (χ3v) is 4.58. The Morgan fingerprint density at radius 3 is 2.45 bits per heavy atom. The van der Waals surface area contributed by atoms with E-state index >= 15 is 0 Å². The zero-order chi connectivity index (χ0) is 20.5. The molecule has 1 heterocycles. The molecule has 4 aromatic rings. The Morgan fingerprint density at radius 2 is 1.69 bits per heavy atom. The number of aromatic nitrogens is 2. The molecule has 1 aromatic heterocycles. The molecule has 8 heteroatoms. The van der Waals surface area contributed by atoms with Gasteiger partial charge in [-0.25, -0.2) is 13.8 Å². The highest BCUT2D eigenvalue weighted by atomic mass is 19.1. The van der Waals surface area contributed by atoms with E-state index in [0.717, 1.165) is 10.6 Å². The maximum Gasteiger partial charge on any atom is 0.336 e. The van der Waals surface area contributed by atoms with Crippen LogP contribution in [0, 0.1) is 15.9 Å². The first-order valence-electron chi connectivity index (χ1n) is 8.69. The molecule has 0 saturated heterocycles. The van der Waals surface area contributed by atoms with Crippen LogP contribution in [0.4, 0.5) is 10.1 Å². The number of benzene rings is 3. The van der Waals surface area contributed by atoms with Crippen molar-refractivity contribution in [3.05, 3.63) is 115 Å². The van der Waals surface area contributed by atoms with Crippen LogP contribution in [0.3, 0.4) is 0 Å². The van der Waals surface area contributed by atoms with Gasteiger partial charge in [0.05, 0.1) is 28.1 Å². The molecule has 0 fully saturated rings. The minimum absolute atomic E-state index is 0.0105. The van der Waals surface area contributed by atoms with Crippen LogP contribution in [-0.4, -0.2) is 14.1 Å². The Balaban J connectivity index is 1.99. The second-order valence-corrected chi connectivity index (χ2v) is 6.43. The van der Waals surface area contributed by atoms with Crippen LogP contribution in [0.5, 0.6) is 0 Å². The first-order chi connectivity index (χ1) is 14.0. The van der Waals surface area contributed by atoms with E-state index in [1.807, 2.05) is 0 Å². The molecule has 0 N–H and O–H groups in total. The maximum atomic E-state index is 13.7. The van der Waals surface area contributed by atoms with Crippen LogP contribution < -0.4 is 11.2 Å². The fraction of sp³-hybridized carbons (Fsp3) is 0.0476. The monoisotopic (exact) mass is 391 g/mol. The lowest BCUT2D eigenvalue weighted by atomic mass is 10.2. The van der Waals surface area contributed by atoms with Crippen molar-refractivity contribution in [1.29, 1.82) is 0 Å². The van der Waals surface area contributed by atoms with Gasteiger partial charge >= 0.3 is 5.69 Å². The zero-order valence-electron chi connectivity index (χ0n) is 15.0. The van der Waals surface area contributed by atoms with Crippen molar-refractivity contribution >= 4 is 16.6 Å². The molecule has 4 rings (SSSR count). The predicted molar refractivity (Wildman–Crippen MR) is 106 cm³/mol. The Hall–Kier alpha value is -4.07. The van der Waals surface area contributed by atoms with Gasteiger partial charge in [0.1, 0.15) is 5.82 Å². The zero-order valence-corrected chi connectivity index (χ0v) is 15.0. The number of nitro benzene ring substituents is 1. The van der Waals surface area contributed by atoms with E-state index < -0.39 is 22.0 Å². The van der Waals surface area contributed by atoms with Gasteiger partial charge in [0, 0.05) is 12.1 Å². The molecule has 0 spiro atoms. The van der Waals surface area contributed by atoms with Gasteiger partial charge in [-0.05, 0) is 35.9 Å². The largest absolute Gasteiger partial charge is 0.336 e. The van der Waals surface area contributed by atoms with Gasteiger partial charge in [-0.15, -0.1) is 0 Å². The van der Waals surface area contributed by atoms with Crippen molar-refractivity contribution in [2.75, 3.05) is 0 Å². The molecule has 0 aliphatic heterocycles. The van der Waals surface area contributed by atoms with Crippen molar-refractivity contribution in [3.63, 3.8) is 0 Å². The molecular formula is C21H14FN3O4. The first kappa shape index (κ1) is 18.3. The molecule has 0 unspecified atom stereocenters. The second-order valence-electron chi connectivity index (χ2n) is 6.43. The number of rotatable bonds is 4. The molecule has 3 aromatic carbocycles. The molecule has 0 aliphatic carbocycles. The molecule has 0 atom stereocenters. The van der Waals surface area contributed by atoms with Gasteiger partial charge in [0.2, 0.25) is 0 Å². The SMILES string of the molecule is O=c1c2ccccc2n(Cc2cccc([N+](=O)[O-])c2)c(=O)n1-c1cccc(F)c1. The highest BCUT2D eigenvalue weighted by Gasteiger charge is 2.16. The quantitative estimate of drug-likeness (QED) is 0.395. The summed E-state index contributed by atoms with van der Waals surface area (Å²) in [4.78, 5) is 36.7. The summed E-state index contributed by atoms with van der Waals surface area (Å²) in [6.45, 7) is 0.0105. The summed E-state index contributed by atoms with van der Waals surface area (Å²) in [6.07, 6.45) is 0. The number of non-ortho nitro benzene ring substituents is 1. The molecule has 0 bridgehead atoms. The van der Waals surface area contributed by atoms with E-state index in [1.54, 1.807) is 30.3 Å². The standard InChI is InChI=1S/C21H14FN3O4/c22-15-6-4-7-16(12-15)24-20(26)18-9-1-2-10-19(18)23(21(24)27)13-14-5-3-8-17(11-14)25(28)29/h1-12H,13H2. The minimum atomic E-state index is -0.661.